The molecule has 0 aromatic carbocycles. The molecule has 0 amide bonds. The predicted octanol–water partition coefficient (Wildman–Crippen LogP) is 4.54. The first-order valence-electron chi connectivity index (χ1n) is 6.45. The third-order valence-electron chi connectivity index (χ3n) is 2.24. The molecule has 1 aromatic heterocycles. The molecule has 1 N–H and O–H groups in total. The minimum atomic E-state index is -0.508. The summed E-state index contributed by atoms with van der Waals surface area (Å²) >= 11 is 5.57. The zero-order valence-corrected chi connectivity index (χ0v) is 13.2. The van der Waals surface area contributed by atoms with Gasteiger partial charge in [-0.1, -0.05) is 38.4 Å². The summed E-state index contributed by atoms with van der Waals surface area (Å²) in [6, 6.07) is 0. The molecule has 0 atom stereocenters. The minimum absolute atomic E-state index is 0.00565. The molecule has 0 aliphatic heterocycles. The molecule has 0 unspecified atom stereocenters. The van der Waals surface area contributed by atoms with Gasteiger partial charge in [0.1, 0.15) is 5.16 Å². The zero-order chi connectivity index (χ0) is 15.7. The molecule has 0 fully saturated rings. The molecule has 0 radical (unpaired) electrons. The number of allylic oxidation sites excluding steroid dienone is 2. The summed E-state index contributed by atoms with van der Waals surface area (Å²) in [5.74, 6) is -0.457. The lowest BCUT2D eigenvalue weighted by atomic mass is 10.2. The molecule has 1 rings (SSSR count). The van der Waals surface area contributed by atoms with Gasteiger partial charge in [-0.3, -0.25) is 0 Å². The largest absolute Gasteiger partial charge is 0.392 e. The highest BCUT2D eigenvalue weighted by Crippen LogP contribution is 2.14. The Morgan fingerprint density at radius 2 is 2.05 bits per heavy atom. The number of aryl methyl sites for hydroxylation is 1. The Morgan fingerprint density at radius 3 is 2.40 bits per heavy atom. The van der Waals surface area contributed by atoms with E-state index in [1.54, 1.807) is 19.3 Å². The third-order valence-corrected chi connectivity index (χ3v) is 2.33. The fraction of sp³-hybridized carbons (Fsp3) is 0.400. The maximum absolute atomic E-state index is 13.6. The van der Waals surface area contributed by atoms with Crippen molar-refractivity contribution < 1.29 is 9.50 Å². The molecular weight excluding hydrogens is 279 g/mol. The Labute approximate surface area is 125 Å². The van der Waals surface area contributed by atoms with Crippen molar-refractivity contribution >= 4 is 17.4 Å². The fourth-order valence-electron chi connectivity index (χ4n) is 1.36. The maximum atomic E-state index is 13.6. The SMILES string of the molecule is C=C(Cl)/N=C(\C(F)=C/C)n1cc(C)c(CO)c1.CCC. The van der Waals surface area contributed by atoms with E-state index < -0.39 is 5.83 Å². The Kier molecular flexibility index (Phi) is 8.84. The maximum Gasteiger partial charge on any atom is 0.174 e. The van der Waals surface area contributed by atoms with Crippen molar-refractivity contribution in [3.63, 3.8) is 0 Å². The van der Waals surface area contributed by atoms with Gasteiger partial charge in [-0.2, -0.15) is 0 Å². The smallest absolute Gasteiger partial charge is 0.174 e. The average molecular weight is 301 g/mol. The van der Waals surface area contributed by atoms with Crippen molar-refractivity contribution in [1.82, 2.24) is 4.57 Å². The molecule has 0 saturated carbocycles. The number of nitrogens with zero attached hydrogens (tertiary/aromatic N) is 2. The second-order valence-corrected chi connectivity index (χ2v) is 4.62. The highest BCUT2D eigenvalue weighted by atomic mass is 35.5. The Hall–Kier alpha value is -1.39. The topological polar surface area (TPSA) is 37.5 Å². The van der Waals surface area contributed by atoms with Crippen LogP contribution in [0.5, 0.6) is 0 Å². The van der Waals surface area contributed by atoms with Crippen LogP contribution in [0.2, 0.25) is 0 Å². The number of halogens is 2. The monoisotopic (exact) mass is 300 g/mol. The van der Waals surface area contributed by atoms with Crippen molar-refractivity contribution in [2.75, 3.05) is 0 Å². The summed E-state index contributed by atoms with van der Waals surface area (Å²) in [6.07, 6.45) is 5.82. The molecule has 0 aliphatic carbocycles. The summed E-state index contributed by atoms with van der Waals surface area (Å²) in [7, 11) is 0. The van der Waals surface area contributed by atoms with E-state index in [1.165, 1.54) is 17.1 Å². The van der Waals surface area contributed by atoms with Gasteiger partial charge in [-0.25, -0.2) is 9.38 Å². The van der Waals surface area contributed by atoms with Gasteiger partial charge >= 0.3 is 0 Å². The Balaban J connectivity index is 0.00000110. The first-order valence-corrected chi connectivity index (χ1v) is 6.82. The van der Waals surface area contributed by atoms with Gasteiger partial charge in [0.25, 0.3) is 0 Å². The van der Waals surface area contributed by atoms with Crippen LogP contribution in [0.25, 0.3) is 0 Å². The molecule has 1 aromatic rings. The number of aliphatic imine (C=N–C) groups is 1. The molecule has 5 heteroatoms. The van der Waals surface area contributed by atoms with E-state index in [-0.39, 0.29) is 17.6 Å². The van der Waals surface area contributed by atoms with Crippen LogP contribution in [0, 0.1) is 6.92 Å². The van der Waals surface area contributed by atoms with Crippen molar-refractivity contribution in [1.29, 1.82) is 0 Å². The number of hydrogen-bond acceptors (Lipinski definition) is 2. The Bertz CT molecular complexity index is 504. The van der Waals surface area contributed by atoms with Crippen molar-refractivity contribution in [2.45, 2.75) is 40.7 Å². The number of rotatable bonds is 3. The van der Waals surface area contributed by atoms with E-state index in [0.717, 1.165) is 5.56 Å². The minimum Gasteiger partial charge on any atom is -0.392 e. The van der Waals surface area contributed by atoms with Crippen molar-refractivity contribution in [3.8, 4) is 0 Å². The number of hydrogen-bond donors (Lipinski definition) is 1. The van der Waals surface area contributed by atoms with E-state index in [9.17, 15) is 4.39 Å². The van der Waals surface area contributed by atoms with Crippen LogP contribution in [-0.2, 0) is 6.61 Å². The van der Waals surface area contributed by atoms with Crippen LogP contribution in [0.1, 0.15) is 38.3 Å². The van der Waals surface area contributed by atoms with Crippen LogP contribution >= 0.6 is 11.6 Å². The van der Waals surface area contributed by atoms with Crippen LogP contribution in [-0.4, -0.2) is 15.5 Å². The highest BCUT2D eigenvalue weighted by Gasteiger charge is 2.11. The van der Waals surface area contributed by atoms with Crippen molar-refractivity contribution in [2.24, 2.45) is 4.99 Å². The fourth-order valence-corrected chi connectivity index (χ4v) is 1.44. The van der Waals surface area contributed by atoms with Gasteiger partial charge in [0.15, 0.2) is 11.7 Å². The molecular formula is C15H22ClFN2O. The summed E-state index contributed by atoms with van der Waals surface area (Å²) in [4.78, 5) is 3.83. The van der Waals surface area contributed by atoms with Gasteiger partial charge in [0.2, 0.25) is 0 Å². The first kappa shape index (κ1) is 18.6. The zero-order valence-electron chi connectivity index (χ0n) is 12.5. The number of aromatic nitrogens is 1. The molecule has 1 heterocycles. The standard InChI is InChI=1S/C12H14ClFN2O.C3H8/c1-4-11(14)12(15-9(3)13)16-5-8(2)10(6-16)7-17;1-3-2/h4-6,17H,3,7H2,1-2H3;3H2,1-2H3/b11-4+,15-12+;. The quantitative estimate of drug-likeness (QED) is 0.497. The summed E-state index contributed by atoms with van der Waals surface area (Å²) in [5, 5.41) is 9.08. The first-order chi connectivity index (χ1) is 9.40. The van der Waals surface area contributed by atoms with Gasteiger partial charge in [0.05, 0.1) is 6.61 Å². The van der Waals surface area contributed by atoms with E-state index in [1.807, 2.05) is 6.92 Å². The normalized spacial score (nSPS) is 11.9. The third kappa shape index (κ3) is 5.72. The lowest BCUT2D eigenvalue weighted by Crippen LogP contribution is -2.10. The molecule has 112 valence electrons. The van der Waals surface area contributed by atoms with Gasteiger partial charge in [-0.05, 0) is 31.1 Å². The Morgan fingerprint density at radius 1 is 1.50 bits per heavy atom. The van der Waals surface area contributed by atoms with E-state index in [2.05, 4.69) is 25.4 Å². The van der Waals surface area contributed by atoms with Crippen LogP contribution < -0.4 is 0 Å². The summed E-state index contributed by atoms with van der Waals surface area (Å²) < 4.78 is 15.1. The van der Waals surface area contributed by atoms with E-state index >= 15 is 0 Å². The summed E-state index contributed by atoms with van der Waals surface area (Å²) in [5.41, 5.74) is 1.56. The lowest BCUT2D eigenvalue weighted by Gasteiger charge is -2.04. The molecule has 3 nitrogen and oxygen atoms in total. The van der Waals surface area contributed by atoms with E-state index in [4.69, 9.17) is 16.7 Å². The second kappa shape index (κ2) is 9.50. The number of aliphatic hydroxyl groups excluding tert-OH is 1. The lowest BCUT2D eigenvalue weighted by molar-refractivity contribution is 0.281. The van der Waals surface area contributed by atoms with Crippen LogP contribution in [0.15, 0.2) is 41.0 Å². The number of aliphatic hydroxyl groups is 1. The highest BCUT2D eigenvalue weighted by molar-refractivity contribution is 6.30. The molecule has 20 heavy (non-hydrogen) atoms. The summed E-state index contributed by atoms with van der Waals surface area (Å²) in [6.45, 7) is 10.9. The molecule has 0 aliphatic rings. The van der Waals surface area contributed by atoms with Crippen molar-refractivity contribution in [3.05, 3.63) is 47.2 Å². The van der Waals surface area contributed by atoms with Crippen LogP contribution in [0.4, 0.5) is 4.39 Å². The molecule has 0 saturated heterocycles. The van der Waals surface area contributed by atoms with Gasteiger partial charge in [0, 0.05) is 12.4 Å². The predicted molar refractivity (Wildman–Crippen MR) is 83.7 cm³/mol. The average Bonchev–Trinajstić information content (AvgIpc) is 2.76. The van der Waals surface area contributed by atoms with Gasteiger partial charge < -0.3 is 9.67 Å². The van der Waals surface area contributed by atoms with E-state index in [0.29, 0.717) is 5.56 Å². The second-order valence-electron chi connectivity index (χ2n) is 4.19. The van der Waals surface area contributed by atoms with Crippen LogP contribution in [0.3, 0.4) is 0 Å². The molecule has 0 spiro atoms. The van der Waals surface area contributed by atoms with Gasteiger partial charge in [-0.15, -0.1) is 0 Å². The molecule has 0 bridgehead atoms.